The van der Waals surface area contributed by atoms with Crippen molar-refractivity contribution in [2.45, 2.75) is 0 Å². The molecule has 0 fully saturated rings. The van der Waals surface area contributed by atoms with E-state index in [0.717, 1.165) is 0 Å². The molecule has 0 rings (SSSR count). The first kappa shape index (κ1) is 31.5. The van der Waals surface area contributed by atoms with Crippen molar-refractivity contribution in [2.75, 3.05) is 0 Å². The molecule has 0 radical (unpaired) electrons. The molecular weight excluding hydrogens is 216 g/mol. The molecule has 58 valence electrons. The molecule has 1 N–H and O–H groups in total. The fraction of sp³-hybridized carbons (Fsp3) is 0. The summed E-state index contributed by atoms with van der Waals surface area (Å²) in [5.41, 5.74) is 0. The van der Waals surface area contributed by atoms with Crippen LogP contribution in [0.25, 0.3) is 0 Å². The van der Waals surface area contributed by atoms with E-state index in [1.807, 2.05) is 0 Å². The maximum absolute atomic E-state index is 9.50. The molecule has 0 atom stereocenters. The Hall–Kier alpha value is 0.386. The minimum absolute atomic E-state index is 0. The monoisotopic (exact) mass is 225 g/mol. The summed E-state index contributed by atoms with van der Waals surface area (Å²) in [6, 6.07) is 0. The van der Waals surface area contributed by atoms with Gasteiger partial charge in [0.2, 0.25) is 0 Å². The summed E-state index contributed by atoms with van der Waals surface area (Å²) >= 11 is 0. The zero-order chi connectivity index (χ0) is 7.41. The molecule has 0 aliphatic carbocycles. The molecule has 0 bridgehead atoms. The van der Waals surface area contributed by atoms with Crippen LogP contribution in [0.15, 0.2) is 12.7 Å². The van der Waals surface area contributed by atoms with Crippen molar-refractivity contribution in [3.8, 4) is 0 Å². The van der Waals surface area contributed by atoms with Crippen LogP contribution in [-0.4, -0.2) is 29.8 Å². The van der Waals surface area contributed by atoms with Gasteiger partial charge in [0.05, 0.1) is 0 Å². The molecule has 10 heavy (non-hydrogen) atoms. The van der Waals surface area contributed by atoms with Gasteiger partial charge >= 0.3 is 23.1 Å². The fourth-order valence-electron chi connectivity index (χ4n) is 0. The second-order valence-corrected chi connectivity index (χ2v) is 0.371. The Labute approximate surface area is 87.3 Å². The third-order valence-corrected chi connectivity index (χ3v) is 0. The number of halogens is 3. The zero-order valence-corrected chi connectivity index (χ0v) is 8.77. The van der Waals surface area contributed by atoms with E-state index in [1.54, 1.807) is 0 Å². The average Bonchev–Trinajstić information content (AvgIpc) is 1.75. The minimum Gasteiger partial charge on any atom is -0.425 e. The molecule has 0 amide bonds. The summed E-state index contributed by atoms with van der Waals surface area (Å²) in [6.45, 7) is 8.00. The molecule has 0 aliphatic rings. The van der Waals surface area contributed by atoms with Gasteiger partial charge in [0.15, 0.2) is 0 Å². The van der Waals surface area contributed by atoms with E-state index in [9.17, 15) is 8.78 Å². The SMILES string of the molecule is Br.C=C[CH2-].C=N.F[CH-]F.[Mg+2]. The third kappa shape index (κ3) is 3070. The van der Waals surface area contributed by atoms with Crippen LogP contribution in [0.3, 0.4) is 0 Å². The Morgan fingerprint density at radius 2 is 1.40 bits per heavy atom. The van der Waals surface area contributed by atoms with Gasteiger partial charge in [-0.2, -0.15) is 0 Å². The number of hydrogen-bond acceptors (Lipinski definition) is 1. The van der Waals surface area contributed by atoms with Crippen LogP contribution >= 0.6 is 17.0 Å². The molecule has 0 unspecified atom stereocenters. The Balaban J connectivity index is -0.0000000116. The molecule has 0 heterocycles. The minimum atomic E-state index is -1.00. The van der Waals surface area contributed by atoms with Crippen LogP contribution in [0.5, 0.6) is 0 Å². The summed E-state index contributed by atoms with van der Waals surface area (Å²) in [4.78, 5) is 0. The Bertz CT molecular complexity index is 40.8. The van der Waals surface area contributed by atoms with Gasteiger partial charge in [0, 0.05) is 0 Å². The summed E-state index contributed by atoms with van der Waals surface area (Å²) < 4.78 is 19.0. The van der Waals surface area contributed by atoms with E-state index < -0.39 is 6.93 Å². The van der Waals surface area contributed by atoms with Gasteiger partial charge in [-0.15, -0.1) is 17.0 Å². The Kier molecular flexibility index (Phi) is 366. The van der Waals surface area contributed by atoms with E-state index in [2.05, 4.69) is 20.2 Å². The van der Waals surface area contributed by atoms with Crippen LogP contribution in [0.2, 0.25) is 0 Å². The normalized spacial score (nSPS) is 3.40. The topological polar surface area (TPSA) is 23.9 Å². The van der Waals surface area contributed by atoms with Crippen molar-refractivity contribution in [3.05, 3.63) is 26.5 Å². The van der Waals surface area contributed by atoms with E-state index >= 15 is 0 Å². The molecular formula is C5H10BrF2MgN. The fourth-order valence-corrected chi connectivity index (χ4v) is 0. The van der Waals surface area contributed by atoms with E-state index in [0.29, 0.717) is 0 Å². The maximum Gasteiger partial charge on any atom is 2.00 e. The van der Waals surface area contributed by atoms with Gasteiger partial charge in [-0.3, -0.25) is 0 Å². The summed E-state index contributed by atoms with van der Waals surface area (Å²) in [5.74, 6) is 0. The van der Waals surface area contributed by atoms with Gasteiger partial charge < -0.3 is 14.2 Å². The number of nitrogens with one attached hydrogen (secondary N) is 1. The van der Waals surface area contributed by atoms with Gasteiger partial charge in [0.1, 0.15) is 0 Å². The first-order valence-electron chi connectivity index (χ1n) is 1.61. The predicted molar refractivity (Wildman–Crippen MR) is 48.0 cm³/mol. The van der Waals surface area contributed by atoms with E-state index in [4.69, 9.17) is 5.41 Å². The largest absolute Gasteiger partial charge is 2.00 e. The van der Waals surface area contributed by atoms with Gasteiger partial charge in [0.25, 0.3) is 0 Å². The van der Waals surface area contributed by atoms with Gasteiger partial charge in [-0.05, 0) is 13.6 Å². The first-order chi connectivity index (χ1) is 3.83. The summed E-state index contributed by atoms with van der Waals surface area (Å²) in [6.07, 6.45) is 1.50. The van der Waals surface area contributed by atoms with Crippen molar-refractivity contribution in [1.82, 2.24) is 0 Å². The number of rotatable bonds is 0. The van der Waals surface area contributed by atoms with E-state index in [-0.39, 0.29) is 40.0 Å². The molecule has 1 nitrogen and oxygen atoms in total. The van der Waals surface area contributed by atoms with E-state index in [1.165, 1.54) is 6.08 Å². The Morgan fingerprint density at radius 1 is 1.40 bits per heavy atom. The zero-order valence-electron chi connectivity index (χ0n) is 5.65. The van der Waals surface area contributed by atoms with Crippen molar-refractivity contribution < 1.29 is 8.78 Å². The summed E-state index contributed by atoms with van der Waals surface area (Å²) in [5, 5.41) is 5.50. The maximum atomic E-state index is 9.50. The van der Waals surface area contributed by atoms with Crippen LogP contribution in [0.1, 0.15) is 0 Å². The molecule has 0 saturated carbocycles. The average molecular weight is 226 g/mol. The number of hydrogen-bond donors (Lipinski definition) is 1. The van der Waals surface area contributed by atoms with Crippen LogP contribution < -0.4 is 0 Å². The van der Waals surface area contributed by atoms with Crippen molar-refractivity contribution in [3.63, 3.8) is 0 Å². The van der Waals surface area contributed by atoms with Crippen molar-refractivity contribution >= 4 is 46.8 Å². The first-order valence-corrected chi connectivity index (χ1v) is 1.61. The standard InChI is InChI=1S/C3H5.CHF2.CH3N.BrH.Mg/c1-3-2;2-1-3;1-2;;/h3H,1-2H2;1H;2H,1H2;1H;/q2*-1;;;+2. The van der Waals surface area contributed by atoms with Crippen LogP contribution in [0, 0.1) is 19.3 Å². The van der Waals surface area contributed by atoms with Crippen molar-refractivity contribution in [1.29, 1.82) is 5.41 Å². The quantitative estimate of drug-likeness (QED) is 0.373. The van der Waals surface area contributed by atoms with Crippen molar-refractivity contribution in [2.24, 2.45) is 0 Å². The molecule has 0 spiro atoms. The molecule has 0 aromatic rings. The molecule has 0 aliphatic heterocycles. The molecule has 0 aromatic carbocycles. The smallest absolute Gasteiger partial charge is 0.425 e. The molecule has 0 aromatic heterocycles. The molecule has 5 heteroatoms. The summed E-state index contributed by atoms with van der Waals surface area (Å²) in [7, 11) is 0. The third-order valence-electron chi connectivity index (χ3n) is 0. The number of allylic oxidation sites excluding steroid dienone is 1. The molecule has 0 saturated heterocycles. The van der Waals surface area contributed by atoms with Crippen LogP contribution in [-0.2, 0) is 0 Å². The predicted octanol–water partition coefficient (Wildman–Crippen LogP) is 2.51. The van der Waals surface area contributed by atoms with Gasteiger partial charge in [-0.1, -0.05) is 0 Å². The Morgan fingerprint density at radius 3 is 1.40 bits per heavy atom. The second-order valence-electron chi connectivity index (χ2n) is 0.371. The van der Waals surface area contributed by atoms with Crippen LogP contribution in [0.4, 0.5) is 8.78 Å². The van der Waals surface area contributed by atoms with Gasteiger partial charge in [-0.25, -0.2) is 19.6 Å². The second kappa shape index (κ2) is 116.